The van der Waals surface area contributed by atoms with Gasteiger partial charge in [-0.15, -0.1) is 0 Å². The van der Waals surface area contributed by atoms with Gasteiger partial charge in [-0.05, 0) is 13.0 Å². The van der Waals surface area contributed by atoms with Gasteiger partial charge in [-0.2, -0.15) is 5.10 Å². The van der Waals surface area contributed by atoms with Crippen molar-refractivity contribution >= 4 is 40.3 Å². The molecule has 0 bridgehead atoms. The zero-order valence-electron chi connectivity index (χ0n) is 16.5. The van der Waals surface area contributed by atoms with Gasteiger partial charge >= 0.3 is 0 Å². The standard InChI is InChI=1S/C22H21ClN6O/c1-12-20-22(28-27-12)25-18-6-19(29-8-13-10-30-11-14(13)9-29)24-7-16(18)21(26-20)15-4-2-3-5-17(15)23/h2-7,13-14H,8-11H2,1H3,(H2,25,27,28). The molecule has 1 aromatic carbocycles. The summed E-state index contributed by atoms with van der Waals surface area (Å²) in [6, 6.07) is 9.86. The molecule has 2 aromatic heterocycles. The van der Waals surface area contributed by atoms with Crippen molar-refractivity contribution in [3.8, 4) is 0 Å². The first-order valence-electron chi connectivity index (χ1n) is 10.2. The minimum atomic E-state index is 0.597. The molecule has 7 nitrogen and oxygen atoms in total. The third-order valence-electron chi connectivity index (χ3n) is 6.23. The molecular weight excluding hydrogens is 400 g/mol. The Hall–Kier alpha value is -2.90. The summed E-state index contributed by atoms with van der Waals surface area (Å²) >= 11 is 6.54. The van der Waals surface area contributed by atoms with Gasteiger partial charge in [-0.1, -0.05) is 29.8 Å². The van der Waals surface area contributed by atoms with Gasteiger partial charge in [0.25, 0.3) is 0 Å². The average molecular weight is 421 g/mol. The van der Waals surface area contributed by atoms with Crippen molar-refractivity contribution in [3.63, 3.8) is 0 Å². The zero-order valence-corrected chi connectivity index (χ0v) is 17.3. The molecule has 3 aliphatic heterocycles. The molecule has 8 heteroatoms. The molecule has 6 rings (SSSR count). The highest BCUT2D eigenvalue weighted by atomic mass is 35.5. The Morgan fingerprint density at radius 1 is 1.13 bits per heavy atom. The fourth-order valence-electron chi connectivity index (χ4n) is 4.59. The van der Waals surface area contributed by atoms with E-state index in [4.69, 9.17) is 26.3 Å². The normalized spacial score (nSPS) is 22.1. The molecule has 152 valence electrons. The maximum atomic E-state index is 6.54. The minimum absolute atomic E-state index is 0.597. The van der Waals surface area contributed by atoms with Gasteiger partial charge in [-0.25, -0.2) is 9.98 Å². The highest BCUT2D eigenvalue weighted by Crippen LogP contribution is 2.39. The van der Waals surface area contributed by atoms with E-state index in [-0.39, 0.29) is 0 Å². The Balaban J connectivity index is 1.47. The minimum Gasteiger partial charge on any atom is -0.381 e. The third kappa shape index (κ3) is 2.80. The summed E-state index contributed by atoms with van der Waals surface area (Å²) in [7, 11) is 0. The molecule has 0 radical (unpaired) electrons. The summed E-state index contributed by atoms with van der Waals surface area (Å²) < 4.78 is 5.62. The van der Waals surface area contributed by atoms with E-state index in [9.17, 15) is 0 Å². The molecular formula is C22H21ClN6O. The highest BCUT2D eigenvalue weighted by Gasteiger charge is 2.38. The maximum Gasteiger partial charge on any atom is 0.178 e. The van der Waals surface area contributed by atoms with Crippen LogP contribution >= 0.6 is 11.6 Å². The number of aryl methyl sites for hydroxylation is 1. The van der Waals surface area contributed by atoms with Crippen LogP contribution in [-0.2, 0) is 4.74 Å². The molecule has 3 aliphatic rings. The number of aliphatic imine (C=N–C) groups is 1. The monoisotopic (exact) mass is 420 g/mol. The number of aromatic nitrogens is 3. The van der Waals surface area contributed by atoms with Crippen LogP contribution in [0, 0.1) is 18.8 Å². The summed E-state index contributed by atoms with van der Waals surface area (Å²) in [5.41, 5.74) is 5.19. The van der Waals surface area contributed by atoms with Crippen LogP contribution in [0.4, 0.5) is 23.0 Å². The highest BCUT2D eigenvalue weighted by molar-refractivity contribution is 6.36. The Morgan fingerprint density at radius 2 is 1.93 bits per heavy atom. The van der Waals surface area contributed by atoms with Crippen LogP contribution in [0.1, 0.15) is 16.8 Å². The van der Waals surface area contributed by atoms with Gasteiger partial charge in [0, 0.05) is 53.3 Å². The fraction of sp³-hybridized carbons (Fsp3) is 0.318. The SMILES string of the molecule is Cc1[nH]nc2c1N=C(c1ccccc1Cl)c1cnc(N3CC4COCC4C3)cc1N2. The first kappa shape index (κ1) is 17.9. The number of halogens is 1. The second-order valence-electron chi connectivity index (χ2n) is 8.16. The third-order valence-corrected chi connectivity index (χ3v) is 6.56. The van der Waals surface area contributed by atoms with Crippen molar-refractivity contribution in [2.75, 3.05) is 36.5 Å². The van der Waals surface area contributed by atoms with E-state index in [1.165, 1.54) is 0 Å². The van der Waals surface area contributed by atoms with Crippen LogP contribution in [0.2, 0.25) is 5.02 Å². The fourth-order valence-corrected chi connectivity index (χ4v) is 4.81. The topological polar surface area (TPSA) is 78.4 Å². The smallest absolute Gasteiger partial charge is 0.178 e. The number of hydrogen-bond acceptors (Lipinski definition) is 6. The molecule has 0 aliphatic carbocycles. The number of aromatic amines is 1. The molecule has 2 unspecified atom stereocenters. The number of H-pyrrole nitrogens is 1. The van der Waals surface area contributed by atoms with Crippen LogP contribution in [0.15, 0.2) is 41.5 Å². The number of anilines is 3. The Labute approximate surface area is 179 Å². The lowest BCUT2D eigenvalue weighted by Crippen LogP contribution is -2.23. The van der Waals surface area contributed by atoms with Crippen LogP contribution in [0.5, 0.6) is 0 Å². The van der Waals surface area contributed by atoms with E-state index in [0.717, 1.165) is 66.0 Å². The zero-order chi connectivity index (χ0) is 20.2. The Kier molecular flexibility index (Phi) is 4.07. The number of pyridine rings is 1. The van der Waals surface area contributed by atoms with Crippen LogP contribution in [-0.4, -0.2) is 47.2 Å². The van der Waals surface area contributed by atoms with E-state index in [0.29, 0.717) is 22.7 Å². The molecule has 0 spiro atoms. The van der Waals surface area contributed by atoms with Gasteiger partial charge in [0.1, 0.15) is 11.5 Å². The number of benzene rings is 1. The lowest BCUT2D eigenvalue weighted by Gasteiger charge is -2.20. The van der Waals surface area contributed by atoms with E-state index < -0.39 is 0 Å². The lowest BCUT2D eigenvalue weighted by atomic mass is 10.0. The quantitative estimate of drug-likeness (QED) is 0.511. The molecule has 0 saturated carbocycles. The van der Waals surface area contributed by atoms with Gasteiger partial charge in [0.2, 0.25) is 0 Å². The number of nitrogens with zero attached hydrogens (tertiary/aromatic N) is 4. The summed E-state index contributed by atoms with van der Waals surface area (Å²) in [5, 5.41) is 11.6. The Bertz CT molecular complexity index is 1160. The van der Waals surface area contributed by atoms with E-state index in [2.05, 4.69) is 26.5 Å². The molecule has 0 amide bonds. The first-order chi connectivity index (χ1) is 14.7. The lowest BCUT2D eigenvalue weighted by molar-refractivity contribution is 0.177. The first-order valence-corrected chi connectivity index (χ1v) is 10.5. The van der Waals surface area contributed by atoms with E-state index in [1.807, 2.05) is 37.4 Å². The van der Waals surface area contributed by atoms with E-state index in [1.54, 1.807) is 0 Å². The maximum absolute atomic E-state index is 6.54. The van der Waals surface area contributed by atoms with Crippen molar-refractivity contribution in [2.24, 2.45) is 16.8 Å². The summed E-state index contributed by atoms with van der Waals surface area (Å²) in [5.74, 6) is 2.86. The van der Waals surface area contributed by atoms with Crippen molar-refractivity contribution in [1.29, 1.82) is 0 Å². The average Bonchev–Trinajstić information content (AvgIpc) is 3.41. The van der Waals surface area contributed by atoms with Gasteiger partial charge in [0.05, 0.1) is 30.3 Å². The van der Waals surface area contributed by atoms with Crippen LogP contribution < -0.4 is 10.2 Å². The summed E-state index contributed by atoms with van der Waals surface area (Å²) in [6.07, 6.45) is 1.90. The molecule has 2 atom stereocenters. The molecule has 3 aromatic rings. The van der Waals surface area contributed by atoms with Crippen molar-refractivity contribution in [1.82, 2.24) is 15.2 Å². The Morgan fingerprint density at radius 3 is 2.73 bits per heavy atom. The van der Waals surface area contributed by atoms with E-state index >= 15 is 0 Å². The number of ether oxygens (including phenoxy) is 1. The second-order valence-corrected chi connectivity index (χ2v) is 8.57. The molecule has 5 heterocycles. The largest absolute Gasteiger partial charge is 0.381 e. The molecule has 2 saturated heterocycles. The molecule has 2 fully saturated rings. The van der Waals surface area contributed by atoms with Gasteiger partial charge in [0.15, 0.2) is 5.82 Å². The van der Waals surface area contributed by atoms with Crippen molar-refractivity contribution < 1.29 is 4.74 Å². The number of nitrogens with one attached hydrogen (secondary N) is 2. The van der Waals surface area contributed by atoms with Gasteiger partial charge in [-0.3, -0.25) is 5.10 Å². The number of fused-ring (bicyclic) bond motifs is 3. The van der Waals surface area contributed by atoms with Crippen LogP contribution in [0.25, 0.3) is 0 Å². The molecule has 2 N–H and O–H groups in total. The predicted molar refractivity (Wildman–Crippen MR) is 118 cm³/mol. The number of rotatable bonds is 2. The predicted octanol–water partition coefficient (Wildman–Crippen LogP) is 4.08. The van der Waals surface area contributed by atoms with Crippen molar-refractivity contribution in [2.45, 2.75) is 6.92 Å². The number of hydrogen-bond donors (Lipinski definition) is 2. The summed E-state index contributed by atoms with van der Waals surface area (Å²) in [6.45, 7) is 5.63. The van der Waals surface area contributed by atoms with Crippen LogP contribution in [0.3, 0.4) is 0 Å². The van der Waals surface area contributed by atoms with Crippen molar-refractivity contribution in [3.05, 3.63) is 58.4 Å². The molecule has 30 heavy (non-hydrogen) atoms. The second kappa shape index (κ2) is 6.82. The van der Waals surface area contributed by atoms with Gasteiger partial charge < -0.3 is 15.0 Å². The summed E-state index contributed by atoms with van der Waals surface area (Å²) in [4.78, 5) is 12.1.